The second-order valence-corrected chi connectivity index (χ2v) is 4.02. The maximum Gasteiger partial charge on any atom is 0.0595 e. The van der Waals surface area contributed by atoms with Gasteiger partial charge in [-0.1, -0.05) is 11.6 Å². The molecule has 0 aliphatic carbocycles. The lowest BCUT2D eigenvalue weighted by Gasteiger charge is -2.30. The van der Waals surface area contributed by atoms with Crippen LogP contribution in [0.4, 0.5) is 0 Å². The zero-order valence-corrected chi connectivity index (χ0v) is 9.05. The average molecular weight is 183 g/mol. The molecular formula is C11H21NO. The lowest BCUT2D eigenvalue weighted by molar-refractivity contribution is 0.0444. The molecule has 1 rings (SSSR count). The van der Waals surface area contributed by atoms with E-state index in [2.05, 4.69) is 24.8 Å². The third-order valence-corrected chi connectivity index (χ3v) is 2.63. The molecule has 13 heavy (non-hydrogen) atoms. The van der Waals surface area contributed by atoms with Gasteiger partial charge in [-0.05, 0) is 26.7 Å². The Morgan fingerprint density at radius 1 is 1.38 bits per heavy atom. The monoisotopic (exact) mass is 183 g/mol. The van der Waals surface area contributed by atoms with Crippen LogP contribution in [0.2, 0.25) is 0 Å². The highest BCUT2D eigenvalue weighted by molar-refractivity contribution is 4.95. The minimum atomic E-state index is 0.503. The summed E-state index contributed by atoms with van der Waals surface area (Å²) in [5, 5.41) is 0. The second kappa shape index (κ2) is 5.40. The third kappa shape index (κ3) is 3.92. The molecule has 1 fully saturated rings. The molecule has 0 bridgehead atoms. The molecule has 0 saturated carbocycles. The van der Waals surface area contributed by atoms with E-state index >= 15 is 0 Å². The molecule has 0 aromatic heterocycles. The SMILES string of the molecule is COC1CCN(CC=C(C)C)CC1. The molecule has 0 radical (unpaired) electrons. The highest BCUT2D eigenvalue weighted by Gasteiger charge is 2.17. The number of hydrogen-bond donors (Lipinski definition) is 0. The van der Waals surface area contributed by atoms with E-state index in [9.17, 15) is 0 Å². The van der Waals surface area contributed by atoms with E-state index in [0.29, 0.717) is 6.10 Å². The molecule has 1 saturated heterocycles. The fraction of sp³-hybridized carbons (Fsp3) is 0.818. The Labute approximate surface area is 81.6 Å². The molecule has 0 aromatic carbocycles. The summed E-state index contributed by atoms with van der Waals surface area (Å²) in [7, 11) is 1.82. The zero-order chi connectivity index (χ0) is 9.68. The van der Waals surface area contributed by atoms with Crippen LogP contribution in [-0.4, -0.2) is 37.7 Å². The Kier molecular flexibility index (Phi) is 4.46. The summed E-state index contributed by atoms with van der Waals surface area (Å²) in [6, 6.07) is 0. The molecule has 0 spiro atoms. The fourth-order valence-electron chi connectivity index (χ4n) is 1.64. The van der Waals surface area contributed by atoms with Gasteiger partial charge in [0.2, 0.25) is 0 Å². The van der Waals surface area contributed by atoms with Gasteiger partial charge >= 0.3 is 0 Å². The van der Waals surface area contributed by atoms with Gasteiger partial charge in [0, 0.05) is 26.7 Å². The Hall–Kier alpha value is -0.340. The molecule has 0 unspecified atom stereocenters. The number of hydrogen-bond acceptors (Lipinski definition) is 2. The number of allylic oxidation sites excluding steroid dienone is 1. The first-order valence-corrected chi connectivity index (χ1v) is 5.11. The summed E-state index contributed by atoms with van der Waals surface area (Å²) >= 11 is 0. The summed E-state index contributed by atoms with van der Waals surface area (Å²) < 4.78 is 5.32. The predicted octanol–water partition coefficient (Wildman–Crippen LogP) is 2.06. The predicted molar refractivity (Wildman–Crippen MR) is 55.9 cm³/mol. The van der Waals surface area contributed by atoms with Crippen LogP contribution in [0, 0.1) is 0 Å². The summed E-state index contributed by atoms with van der Waals surface area (Å²) in [6.45, 7) is 7.78. The Morgan fingerprint density at radius 2 is 2.00 bits per heavy atom. The summed E-state index contributed by atoms with van der Waals surface area (Å²) in [4.78, 5) is 2.49. The van der Waals surface area contributed by atoms with Gasteiger partial charge in [-0.15, -0.1) is 0 Å². The highest BCUT2D eigenvalue weighted by Crippen LogP contribution is 2.12. The van der Waals surface area contributed by atoms with Crippen molar-refractivity contribution in [1.29, 1.82) is 0 Å². The van der Waals surface area contributed by atoms with Gasteiger partial charge in [0.25, 0.3) is 0 Å². The Balaban J connectivity index is 2.21. The van der Waals surface area contributed by atoms with E-state index in [1.54, 1.807) is 0 Å². The average Bonchev–Trinajstić information content (AvgIpc) is 2.15. The lowest BCUT2D eigenvalue weighted by atomic mass is 10.1. The molecule has 0 N–H and O–H groups in total. The number of nitrogens with zero attached hydrogens (tertiary/aromatic N) is 1. The third-order valence-electron chi connectivity index (χ3n) is 2.63. The van der Waals surface area contributed by atoms with Crippen molar-refractivity contribution in [3.8, 4) is 0 Å². The largest absolute Gasteiger partial charge is 0.381 e. The minimum absolute atomic E-state index is 0.503. The molecule has 76 valence electrons. The van der Waals surface area contributed by atoms with Crippen LogP contribution in [0.5, 0.6) is 0 Å². The Morgan fingerprint density at radius 3 is 2.46 bits per heavy atom. The zero-order valence-electron chi connectivity index (χ0n) is 9.05. The first-order chi connectivity index (χ1) is 6.22. The number of methoxy groups -OCH3 is 1. The molecule has 1 aliphatic heterocycles. The van der Waals surface area contributed by atoms with Crippen LogP contribution in [0.1, 0.15) is 26.7 Å². The smallest absolute Gasteiger partial charge is 0.0595 e. The number of likely N-dealkylation sites (tertiary alicyclic amines) is 1. The molecular weight excluding hydrogens is 162 g/mol. The summed E-state index contributed by atoms with van der Waals surface area (Å²) in [5.41, 5.74) is 1.41. The van der Waals surface area contributed by atoms with E-state index in [4.69, 9.17) is 4.74 Å². The molecule has 2 nitrogen and oxygen atoms in total. The molecule has 2 heteroatoms. The minimum Gasteiger partial charge on any atom is -0.381 e. The van der Waals surface area contributed by atoms with Crippen molar-refractivity contribution in [2.45, 2.75) is 32.8 Å². The standard InChI is InChI=1S/C11H21NO/c1-10(2)4-7-12-8-5-11(13-3)6-9-12/h4,11H,5-9H2,1-3H3. The van der Waals surface area contributed by atoms with Gasteiger partial charge in [-0.3, -0.25) is 4.90 Å². The summed E-state index contributed by atoms with van der Waals surface area (Å²) in [5.74, 6) is 0. The fourth-order valence-corrected chi connectivity index (χ4v) is 1.64. The van der Waals surface area contributed by atoms with Gasteiger partial charge in [0.05, 0.1) is 6.10 Å². The lowest BCUT2D eigenvalue weighted by Crippen LogP contribution is -2.36. The number of ether oxygens (including phenoxy) is 1. The molecule has 0 atom stereocenters. The van der Waals surface area contributed by atoms with Crippen molar-refractivity contribution in [2.24, 2.45) is 0 Å². The van der Waals surface area contributed by atoms with Gasteiger partial charge in [-0.2, -0.15) is 0 Å². The van der Waals surface area contributed by atoms with Crippen molar-refractivity contribution in [2.75, 3.05) is 26.7 Å². The first kappa shape index (κ1) is 10.7. The molecule has 0 aromatic rings. The first-order valence-electron chi connectivity index (χ1n) is 5.11. The van der Waals surface area contributed by atoms with Gasteiger partial charge < -0.3 is 4.74 Å². The maximum absolute atomic E-state index is 5.32. The van der Waals surface area contributed by atoms with E-state index in [0.717, 1.165) is 6.54 Å². The van der Waals surface area contributed by atoms with Crippen LogP contribution < -0.4 is 0 Å². The quantitative estimate of drug-likeness (QED) is 0.621. The van der Waals surface area contributed by atoms with Crippen LogP contribution in [-0.2, 0) is 4.74 Å². The molecule has 0 amide bonds. The molecule has 1 heterocycles. The van der Waals surface area contributed by atoms with E-state index in [-0.39, 0.29) is 0 Å². The van der Waals surface area contributed by atoms with Crippen LogP contribution in [0.15, 0.2) is 11.6 Å². The second-order valence-electron chi connectivity index (χ2n) is 4.02. The van der Waals surface area contributed by atoms with Crippen molar-refractivity contribution in [3.63, 3.8) is 0 Å². The van der Waals surface area contributed by atoms with Crippen molar-refractivity contribution in [3.05, 3.63) is 11.6 Å². The van der Waals surface area contributed by atoms with Gasteiger partial charge in [0.15, 0.2) is 0 Å². The summed E-state index contributed by atoms with van der Waals surface area (Å²) in [6.07, 6.45) is 5.18. The number of rotatable bonds is 3. The van der Waals surface area contributed by atoms with Crippen LogP contribution in [0.25, 0.3) is 0 Å². The van der Waals surface area contributed by atoms with E-state index < -0.39 is 0 Å². The van der Waals surface area contributed by atoms with E-state index in [1.165, 1.54) is 31.5 Å². The number of piperidine rings is 1. The van der Waals surface area contributed by atoms with Gasteiger partial charge in [-0.25, -0.2) is 0 Å². The van der Waals surface area contributed by atoms with Crippen LogP contribution in [0.3, 0.4) is 0 Å². The van der Waals surface area contributed by atoms with Crippen molar-refractivity contribution < 1.29 is 4.74 Å². The molecule has 1 aliphatic rings. The Bertz CT molecular complexity index is 165. The van der Waals surface area contributed by atoms with E-state index in [1.807, 2.05) is 7.11 Å². The van der Waals surface area contributed by atoms with Gasteiger partial charge in [0.1, 0.15) is 0 Å². The van der Waals surface area contributed by atoms with Crippen molar-refractivity contribution in [1.82, 2.24) is 4.90 Å². The van der Waals surface area contributed by atoms with Crippen molar-refractivity contribution >= 4 is 0 Å². The topological polar surface area (TPSA) is 12.5 Å². The van der Waals surface area contributed by atoms with Crippen LogP contribution >= 0.6 is 0 Å². The highest BCUT2D eigenvalue weighted by atomic mass is 16.5. The maximum atomic E-state index is 5.32. The normalized spacial score (nSPS) is 20.2.